The van der Waals surface area contributed by atoms with Gasteiger partial charge in [0.1, 0.15) is 11.9 Å². The van der Waals surface area contributed by atoms with Crippen molar-refractivity contribution in [3.8, 4) is 5.75 Å². The van der Waals surface area contributed by atoms with Crippen LogP contribution in [0.1, 0.15) is 49.7 Å². The molecule has 0 bridgehead atoms. The van der Waals surface area contributed by atoms with Gasteiger partial charge in [-0.25, -0.2) is 0 Å². The fourth-order valence-corrected chi connectivity index (χ4v) is 6.48. The summed E-state index contributed by atoms with van der Waals surface area (Å²) in [5, 5.41) is 20.6. The van der Waals surface area contributed by atoms with Crippen molar-refractivity contribution in [2.24, 2.45) is 17.3 Å². The van der Waals surface area contributed by atoms with Gasteiger partial charge in [0.2, 0.25) is 0 Å². The summed E-state index contributed by atoms with van der Waals surface area (Å²) >= 11 is 0. The summed E-state index contributed by atoms with van der Waals surface area (Å²) < 4.78 is 12.1. The molecule has 2 saturated carbocycles. The molecule has 0 unspecified atom stereocenters. The zero-order chi connectivity index (χ0) is 16.5. The predicted molar refractivity (Wildman–Crippen MR) is 88.7 cm³/mol. The van der Waals surface area contributed by atoms with Crippen LogP contribution < -0.4 is 0 Å². The SMILES string of the molecule is C[C@]12CC[C@@H]3c4ccc(O)cc4CC[C@H]3[C@@H]1C[C@@H](O)C21OCCO1. The minimum atomic E-state index is -0.780. The van der Waals surface area contributed by atoms with Gasteiger partial charge in [-0.1, -0.05) is 13.0 Å². The van der Waals surface area contributed by atoms with E-state index in [0.717, 1.165) is 32.1 Å². The van der Waals surface area contributed by atoms with E-state index in [-0.39, 0.29) is 5.41 Å². The molecular weight excluding hydrogens is 304 g/mol. The molecule has 0 radical (unpaired) electrons. The van der Waals surface area contributed by atoms with E-state index in [2.05, 4.69) is 13.0 Å². The van der Waals surface area contributed by atoms with E-state index in [4.69, 9.17) is 9.47 Å². The minimum Gasteiger partial charge on any atom is -0.508 e. The third-order valence-corrected chi connectivity index (χ3v) is 7.53. The van der Waals surface area contributed by atoms with Gasteiger partial charge in [-0.15, -0.1) is 0 Å². The van der Waals surface area contributed by atoms with Gasteiger partial charge >= 0.3 is 0 Å². The molecule has 1 spiro atoms. The van der Waals surface area contributed by atoms with Crippen molar-refractivity contribution in [2.75, 3.05) is 13.2 Å². The second-order valence-electron chi connectivity index (χ2n) is 8.37. The van der Waals surface area contributed by atoms with E-state index in [1.165, 1.54) is 11.1 Å². The Hall–Kier alpha value is -1.10. The molecule has 3 aliphatic carbocycles. The van der Waals surface area contributed by atoms with E-state index in [1.54, 1.807) is 0 Å². The smallest absolute Gasteiger partial charge is 0.200 e. The third kappa shape index (κ3) is 1.74. The number of ether oxygens (including phenoxy) is 2. The Morgan fingerprint density at radius 1 is 1.17 bits per heavy atom. The van der Waals surface area contributed by atoms with Crippen LogP contribution in [-0.4, -0.2) is 35.3 Å². The number of benzene rings is 1. The number of phenols is 1. The van der Waals surface area contributed by atoms with Crippen molar-refractivity contribution < 1.29 is 19.7 Å². The maximum atomic E-state index is 10.8. The second kappa shape index (κ2) is 4.96. The molecule has 2 N–H and O–H groups in total. The Morgan fingerprint density at radius 2 is 1.96 bits per heavy atom. The first-order chi connectivity index (χ1) is 11.6. The normalized spacial score (nSPS) is 42.6. The molecule has 1 aromatic rings. The lowest BCUT2D eigenvalue weighted by molar-refractivity contribution is -0.270. The summed E-state index contributed by atoms with van der Waals surface area (Å²) in [4.78, 5) is 0. The van der Waals surface area contributed by atoms with E-state index >= 15 is 0 Å². The highest BCUT2D eigenvalue weighted by molar-refractivity contribution is 5.40. The zero-order valence-electron chi connectivity index (χ0n) is 14.2. The molecule has 24 heavy (non-hydrogen) atoms. The number of aliphatic hydroxyl groups is 1. The fraction of sp³-hybridized carbons (Fsp3) is 0.700. The largest absolute Gasteiger partial charge is 0.508 e. The van der Waals surface area contributed by atoms with Gasteiger partial charge in [-0.3, -0.25) is 0 Å². The van der Waals surface area contributed by atoms with E-state index in [9.17, 15) is 10.2 Å². The molecule has 130 valence electrons. The van der Waals surface area contributed by atoms with Crippen LogP contribution in [0.15, 0.2) is 18.2 Å². The van der Waals surface area contributed by atoms with Gasteiger partial charge in [0.05, 0.1) is 13.2 Å². The molecule has 4 nitrogen and oxygen atoms in total. The van der Waals surface area contributed by atoms with E-state index < -0.39 is 11.9 Å². The maximum absolute atomic E-state index is 10.8. The number of fused-ring (bicyclic) bond motifs is 6. The highest BCUT2D eigenvalue weighted by Crippen LogP contribution is 2.66. The lowest BCUT2D eigenvalue weighted by Gasteiger charge is -2.52. The summed E-state index contributed by atoms with van der Waals surface area (Å²) in [5.41, 5.74) is 2.62. The number of phenolic OH excluding ortho intramolecular Hbond substituents is 1. The number of aromatic hydroxyl groups is 1. The third-order valence-electron chi connectivity index (χ3n) is 7.53. The molecule has 5 atom stereocenters. The van der Waals surface area contributed by atoms with E-state index in [1.807, 2.05) is 12.1 Å². The van der Waals surface area contributed by atoms with Crippen LogP contribution in [0.25, 0.3) is 0 Å². The number of hydrogen-bond acceptors (Lipinski definition) is 4. The van der Waals surface area contributed by atoms with E-state index in [0.29, 0.717) is 36.7 Å². The van der Waals surface area contributed by atoms with Crippen LogP contribution in [0.3, 0.4) is 0 Å². The Balaban J connectivity index is 1.53. The first-order valence-electron chi connectivity index (χ1n) is 9.33. The van der Waals surface area contributed by atoms with Gasteiger partial charge in [-0.05, 0) is 73.1 Å². The Labute approximate surface area is 142 Å². The number of aryl methyl sites for hydroxylation is 1. The molecule has 1 aromatic carbocycles. The maximum Gasteiger partial charge on any atom is 0.200 e. The van der Waals surface area contributed by atoms with Crippen LogP contribution in [0.4, 0.5) is 0 Å². The topological polar surface area (TPSA) is 58.9 Å². The predicted octanol–water partition coefficient (Wildman–Crippen LogP) is 2.96. The summed E-state index contributed by atoms with van der Waals surface area (Å²) in [6.07, 6.45) is 4.54. The average molecular weight is 330 g/mol. The van der Waals surface area contributed by atoms with Gasteiger partial charge in [0.15, 0.2) is 5.79 Å². The lowest BCUT2D eigenvalue weighted by Crippen LogP contribution is -2.54. The minimum absolute atomic E-state index is 0.0987. The summed E-state index contributed by atoms with van der Waals surface area (Å²) in [6, 6.07) is 5.88. The van der Waals surface area contributed by atoms with Crippen molar-refractivity contribution in [3.63, 3.8) is 0 Å². The zero-order valence-corrected chi connectivity index (χ0v) is 14.2. The molecule has 4 heteroatoms. The Bertz CT molecular complexity index is 666. The number of aliphatic hydroxyl groups excluding tert-OH is 1. The van der Waals surface area contributed by atoms with Gasteiger partial charge in [0, 0.05) is 5.41 Å². The average Bonchev–Trinajstić information content (AvgIpc) is 3.15. The van der Waals surface area contributed by atoms with Crippen molar-refractivity contribution in [3.05, 3.63) is 29.3 Å². The molecule has 1 saturated heterocycles. The standard InChI is InChI=1S/C20H26O4/c1-19-7-6-15-14-5-3-13(21)10-12(14)2-4-16(15)17(19)11-18(22)20(19)23-8-9-24-20/h3,5,10,15-18,21-22H,2,4,6-9,11H2,1H3/t15-,16-,17+,18-,19+/m1/s1. The molecule has 4 aliphatic rings. The summed E-state index contributed by atoms with van der Waals surface area (Å²) in [6.45, 7) is 3.47. The molecule has 1 heterocycles. The molecule has 0 amide bonds. The molecule has 5 rings (SSSR count). The van der Waals surface area contributed by atoms with Crippen molar-refractivity contribution in [1.29, 1.82) is 0 Å². The van der Waals surface area contributed by atoms with Crippen LogP contribution in [-0.2, 0) is 15.9 Å². The Morgan fingerprint density at radius 3 is 2.75 bits per heavy atom. The van der Waals surface area contributed by atoms with Crippen molar-refractivity contribution in [1.82, 2.24) is 0 Å². The van der Waals surface area contributed by atoms with Crippen LogP contribution >= 0.6 is 0 Å². The Kier molecular flexibility index (Phi) is 3.14. The van der Waals surface area contributed by atoms with Gasteiger partial charge < -0.3 is 19.7 Å². The second-order valence-corrected chi connectivity index (χ2v) is 8.37. The fourth-order valence-electron chi connectivity index (χ4n) is 6.48. The molecule has 1 aliphatic heterocycles. The van der Waals surface area contributed by atoms with Crippen LogP contribution in [0, 0.1) is 17.3 Å². The highest BCUT2D eigenvalue weighted by Gasteiger charge is 2.69. The number of rotatable bonds is 0. The summed E-state index contributed by atoms with van der Waals surface area (Å²) in [7, 11) is 0. The lowest BCUT2D eigenvalue weighted by atomic mass is 9.55. The first kappa shape index (κ1) is 15.2. The van der Waals surface area contributed by atoms with Gasteiger partial charge in [-0.2, -0.15) is 0 Å². The number of hydrogen-bond donors (Lipinski definition) is 2. The first-order valence-corrected chi connectivity index (χ1v) is 9.33. The van der Waals surface area contributed by atoms with Gasteiger partial charge in [0.25, 0.3) is 0 Å². The van der Waals surface area contributed by atoms with Crippen LogP contribution in [0.2, 0.25) is 0 Å². The quantitative estimate of drug-likeness (QED) is 0.768. The molecular formula is C20H26O4. The van der Waals surface area contributed by atoms with Crippen molar-refractivity contribution >= 4 is 0 Å². The summed E-state index contributed by atoms with van der Waals surface area (Å²) in [5.74, 6) is 1.14. The van der Waals surface area contributed by atoms with Crippen LogP contribution in [0.5, 0.6) is 5.75 Å². The van der Waals surface area contributed by atoms with Crippen molar-refractivity contribution in [2.45, 2.75) is 56.8 Å². The molecule has 0 aromatic heterocycles. The molecule has 3 fully saturated rings. The monoisotopic (exact) mass is 330 g/mol. The highest BCUT2D eigenvalue weighted by atomic mass is 16.7.